The molecule has 1 aliphatic rings. The number of hydrogen-bond acceptors (Lipinski definition) is 4. The molecule has 4 heteroatoms. The van der Waals surface area contributed by atoms with E-state index in [0.717, 1.165) is 13.1 Å². The number of carbonyl (C=O) groups is 1. The lowest BCUT2D eigenvalue weighted by atomic mass is 9.91. The molecule has 1 saturated heterocycles. The van der Waals surface area contributed by atoms with Gasteiger partial charge >= 0.3 is 5.97 Å². The first-order chi connectivity index (χ1) is 7.33. The van der Waals surface area contributed by atoms with Crippen LogP contribution in [0.15, 0.2) is 16.8 Å². The summed E-state index contributed by atoms with van der Waals surface area (Å²) in [5.41, 5.74) is 1.25. The van der Waals surface area contributed by atoms with E-state index >= 15 is 0 Å². The molecule has 1 N–H and O–H groups in total. The Morgan fingerprint density at radius 3 is 3.20 bits per heavy atom. The molecule has 2 heterocycles. The smallest absolute Gasteiger partial charge is 0.310 e. The summed E-state index contributed by atoms with van der Waals surface area (Å²) in [6, 6.07) is 2.09. The van der Waals surface area contributed by atoms with Gasteiger partial charge in [0, 0.05) is 19.0 Å². The third-order valence-corrected chi connectivity index (χ3v) is 3.48. The van der Waals surface area contributed by atoms with Gasteiger partial charge in [-0.25, -0.2) is 0 Å². The van der Waals surface area contributed by atoms with Crippen molar-refractivity contribution in [3.05, 3.63) is 22.4 Å². The molecule has 0 aromatic carbocycles. The second-order valence-electron chi connectivity index (χ2n) is 3.68. The largest absolute Gasteiger partial charge is 0.466 e. The number of esters is 1. The predicted molar refractivity (Wildman–Crippen MR) is 60.1 cm³/mol. The summed E-state index contributed by atoms with van der Waals surface area (Å²) in [5, 5.41) is 7.42. The van der Waals surface area contributed by atoms with Crippen molar-refractivity contribution in [1.29, 1.82) is 0 Å². The molecule has 2 atom stereocenters. The van der Waals surface area contributed by atoms with Crippen LogP contribution in [0.2, 0.25) is 0 Å². The fraction of sp³-hybridized carbons (Fsp3) is 0.545. The second kappa shape index (κ2) is 4.77. The first kappa shape index (κ1) is 10.6. The van der Waals surface area contributed by atoms with Crippen LogP contribution in [0, 0.1) is 5.92 Å². The van der Waals surface area contributed by atoms with Gasteiger partial charge in [0.05, 0.1) is 12.5 Å². The topological polar surface area (TPSA) is 38.3 Å². The Kier molecular flexibility index (Phi) is 3.38. The van der Waals surface area contributed by atoms with Crippen LogP contribution in [-0.4, -0.2) is 25.7 Å². The minimum Gasteiger partial charge on any atom is -0.466 e. The van der Waals surface area contributed by atoms with E-state index in [9.17, 15) is 4.79 Å². The molecule has 2 rings (SSSR count). The number of ether oxygens (including phenoxy) is 1. The van der Waals surface area contributed by atoms with Crippen LogP contribution < -0.4 is 5.32 Å². The summed E-state index contributed by atoms with van der Waals surface area (Å²) in [6.07, 6.45) is 0. The van der Waals surface area contributed by atoms with Crippen LogP contribution in [0.25, 0.3) is 0 Å². The molecule has 82 valence electrons. The highest BCUT2D eigenvalue weighted by molar-refractivity contribution is 7.08. The normalized spacial score (nSPS) is 25.4. The van der Waals surface area contributed by atoms with Gasteiger partial charge in [0.25, 0.3) is 0 Å². The Morgan fingerprint density at radius 2 is 2.53 bits per heavy atom. The molecule has 0 saturated carbocycles. The molecular formula is C11H15NO2S. The van der Waals surface area contributed by atoms with Crippen LogP contribution in [-0.2, 0) is 9.53 Å². The lowest BCUT2D eigenvalue weighted by molar-refractivity contribution is -0.147. The average molecular weight is 225 g/mol. The zero-order chi connectivity index (χ0) is 10.7. The van der Waals surface area contributed by atoms with Crippen LogP contribution in [0.3, 0.4) is 0 Å². The lowest BCUT2D eigenvalue weighted by Gasteiger charge is -2.15. The van der Waals surface area contributed by atoms with Crippen molar-refractivity contribution in [3.63, 3.8) is 0 Å². The van der Waals surface area contributed by atoms with E-state index in [1.807, 2.05) is 6.92 Å². The maximum atomic E-state index is 11.7. The van der Waals surface area contributed by atoms with Gasteiger partial charge < -0.3 is 10.1 Å². The van der Waals surface area contributed by atoms with Gasteiger partial charge in [0.2, 0.25) is 0 Å². The van der Waals surface area contributed by atoms with Crippen LogP contribution in [0.5, 0.6) is 0 Å². The monoisotopic (exact) mass is 225 g/mol. The third-order valence-electron chi connectivity index (χ3n) is 2.77. The molecular weight excluding hydrogens is 210 g/mol. The van der Waals surface area contributed by atoms with Gasteiger partial charge in [0.15, 0.2) is 0 Å². The lowest BCUT2D eigenvalue weighted by Crippen LogP contribution is -2.23. The SMILES string of the molecule is CCOC(=O)[C@@H]1CNC[C@H]1c1ccsc1. The van der Waals surface area contributed by atoms with E-state index in [1.165, 1.54) is 5.56 Å². The van der Waals surface area contributed by atoms with E-state index in [0.29, 0.717) is 6.61 Å². The van der Waals surface area contributed by atoms with E-state index in [2.05, 4.69) is 22.1 Å². The Morgan fingerprint density at radius 1 is 1.67 bits per heavy atom. The van der Waals surface area contributed by atoms with Gasteiger partial charge in [-0.3, -0.25) is 4.79 Å². The highest BCUT2D eigenvalue weighted by atomic mass is 32.1. The number of rotatable bonds is 3. The van der Waals surface area contributed by atoms with Gasteiger partial charge in [0.1, 0.15) is 0 Å². The number of nitrogens with one attached hydrogen (secondary N) is 1. The van der Waals surface area contributed by atoms with E-state index in [-0.39, 0.29) is 17.8 Å². The fourth-order valence-electron chi connectivity index (χ4n) is 2.01. The Bertz CT molecular complexity index is 323. The molecule has 1 aromatic rings. The molecule has 3 nitrogen and oxygen atoms in total. The maximum Gasteiger partial charge on any atom is 0.310 e. The van der Waals surface area contributed by atoms with Crippen LogP contribution in [0.1, 0.15) is 18.4 Å². The molecule has 1 aromatic heterocycles. The number of hydrogen-bond donors (Lipinski definition) is 1. The van der Waals surface area contributed by atoms with Crippen LogP contribution in [0.4, 0.5) is 0 Å². The maximum absolute atomic E-state index is 11.7. The molecule has 1 aliphatic heterocycles. The number of thiophene rings is 1. The summed E-state index contributed by atoms with van der Waals surface area (Å²) in [6.45, 7) is 3.92. The minimum atomic E-state index is -0.0706. The molecule has 1 fully saturated rings. The zero-order valence-corrected chi connectivity index (χ0v) is 9.55. The Labute approximate surface area is 93.4 Å². The molecule has 0 spiro atoms. The number of carbonyl (C=O) groups excluding carboxylic acids is 1. The Hall–Kier alpha value is -0.870. The minimum absolute atomic E-state index is 0.0143. The van der Waals surface area contributed by atoms with Crippen molar-refractivity contribution >= 4 is 17.3 Å². The van der Waals surface area contributed by atoms with Gasteiger partial charge in [-0.05, 0) is 29.3 Å². The van der Waals surface area contributed by atoms with Crippen molar-refractivity contribution in [2.75, 3.05) is 19.7 Å². The highest BCUT2D eigenvalue weighted by Gasteiger charge is 2.35. The predicted octanol–water partition coefficient (Wildman–Crippen LogP) is 1.61. The van der Waals surface area contributed by atoms with Crippen molar-refractivity contribution < 1.29 is 9.53 Å². The summed E-state index contributed by atoms with van der Waals surface area (Å²) in [5.74, 6) is 0.202. The van der Waals surface area contributed by atoms with Crippen molar-refractivity contribution in [2.45, 2.75) is 12.8 Å². The standard InChI is InChI=1S/C11H15NO2S/c1-2-14-11(13)10-6-12-5-9(10)8-3-4-15-7-8/h3-4,7,9-10,12H,2,5-6H2,1H3/t9-,10+/m0/s1. The summed E-state index contributed by atoms with van der Waals surface area (Å²) in [4.78, 5) is 11.7. The van der Waals surface area contributed by atoms with Crippen molar-refractivity contribution in [3.8, 4) is 0 Å². The quantitative estimate of drug-likeness (QED) is 0.794. The molecule has 0 bridgehead atoms. The first-order valence-electron chi connectivity index (χ1n) is 5.22. The molecule has 0 aliphatic carbocycles. The second-order valence-corrected chi connectivity index (χ2v) is 4.46. The first-order valence-corrected chi connectivity index (χ1v) is 6.16. The highest BCUT2D eigenvalue weighted by Crippen LogP contribution is 2.30. The van der Waals surface area contributed by atoms with Crippen molar-refractivity contribution in [1.82, 2.24) is 5.32 Å². The van der Waals surface area contributed by atoms with Gasteiger partial charge in [-0.2, -0.15) is 11.3 Å². The van der Waals surface area contributed by atoms with E-state index in [4.69, 9.17) is 4.74 Å². The third kappa shape index (κ3) is 2.21. The van der Waals surface area contributed by atoms with E-state index in [1.54, 1.807) is 11.3 Å². The van der Waals surface area contributed by atoms with E-state index < -0.39 is 0 Å². The molecule has 0 amide bonds. The molecule has 0 radical (unpaired) electrons. The summed E-state index contributed by atoms with van der Waals surface area (Å²) < 4.78 is 5.08. The van der Waals surface area contributed by atoms with Gasteiger partial charge in [-0.15, -0.1) is 0 Å². The van der Waals surface area contributed by atoms with Crippen molar-refractivity contribution in [2.24, 2.45) is 5.92 Å². The average Bonchev–Trinajstić information content (AvgIpc) is 2.88. The van der Waals surface area contributed by atoms with Gasteiger partial charge in [-0.1, -0.05) is 0 Å². The molecule has 0 unspecified atom stereocenters. The fourth-order valence-corrected chi connectivity index (χ4v) is 2.74. The zero-order valence-electron chi connectivity index (χ0n) is 8.73. The molecule has 15 heavy (non-hydrogen) atoms. The Balaban J connectivity index is 2.08. The van der Waals surface area contributed by atoms with Crippen LogP contribution >= 0.6 is 11.3 Å². The summed E-state index contributed by atoms with van der Waals surface area (Å²) >= 11 is 1.67. The summed E-state index contributed by atoms with van der Waals surface area (Å²) in [7, 11) is 0.